The summed E-state index contributed by atoms with van der Waals surface area (Å²) in [6, 6.07) is 0. The maximum atomic E-state index is 9.76. The van der Waals surface area contributed by atoms with Crippen molar-refractivity contribution in [2.24, 2.45) is 17.8 Å². The lowest BCUT2D eigenvalue weighted by Crippen LogP contribution is -2.30. The molecule has 0 aromatic heterocycles. The van der Waals surface area contributed by atoms with Crippen LogP contribution in [0, 0.1) is 17.8 Å². The van der Waals surface area contributed by atoms with Gasteiger partial charge in [0, 0.05) is 7.11 Å². The monoisotopic (exact) mass is 214 g/mol. The molecule has 2 heteroatoms. The highest BCUT2D eigenvalue weighted by molar-refractivity contribution is 4.80. The molecule has 5 atom stereocenters. The number of rotatable bonds is 4. The van der Waals surface area contributed by atoms with Crippen molar-refractivity contribution in [3.8, 4) is 0 Å². The molecule has 0 aromatic rings. The third-order valence-electron chi connectivity index (χ3n) is 3.87. The molecular formula is C13H26O2. The van der Waals surface area contributed by atoms with Gasteiger partial charge in [0.1, 0.15) is 0 Å². The average molecular weight is 214 g/mol. The molecule has 0 amide bonds. The lowest BCUT2D eigenvalue weighted by Gasteiger charge is -2.35. The second kappa shape index (κ2) is 5.86. The molecule has 15 heavy (non-hydrogen) atoms. The molecule has 1 aliphatic carbocycles. The first-order valence-electron chi connectivity index (χ1n) is 6.23. The number of ether oxygens (including phenoxy) is 1. The first-order valence-corrected chi connectivity index (χ1v) is 6.23. The van der Waals surface area contributed by atoms with E-state index in [2.05, 4.69) is 20.8 Å². The number of hydrogen-bond donors (Lipinski definition) is 1. The lowest BCUT2D eigenvalue weighted by molar-refractivity contribution is 0.0355. The molecule has 90 valence electrons. The Labute approximate surface area is 94.0 Å². The van der Waals surface area contributed by atoms with Crippen LogP contribution in [0.5, 0.6) is 0 Å². The molecule has 0 bridgehead atoms. The molecule has 2 nitrogen and oxygen atoms in total. The van der Waals surface area contributed by atoms with Crippen molar-refractivity contribution < 1.29 is 9.84 Å². The van der Waals surface area contributed by atoms with E-state index in [4.69, 9.17) is 4.74 Å². The summed E-state index contributed by atoms with van der Waals surface area (Å²) < 4.78 is 5.30. The van der Waals surface area contributed by atoms with Crippen molar-refractivity contribution in [2.45, 2.75) is 58.7 Å². The minimum atomic E-state index is -0.0703. The van der Waals surface area contributed by atoms with Gasteiger partial charge in [-0.25, -0.2) is 0 Å². The van der Waals surface area contributed by atoms with Crippen molar-refractivity contribution >= 4 is 0 Å². The second-order valence-corrected chi connectivity index (χ2v) is 5.49. The Morgan fingerprint density at radius 2 is 1.93 bits per heavy atom. The van der Waals surface area contributed by atoms with Gasteiger partial charge >= 0.3 is 0 Å². The summed E-state index contributed by atoms with van der Waals surface area (Å²) in [6.45, 7) is 6.67. The Morgan fingerprint density at radius 3 is 2.47 bits per heavy atom. The summed E-state index contributed by atoms with van der Waals surface area (Å²) in [5.74, 6) is 2.03. The third kappa shape index (κ3) is 4.12. The van der Waals surface area contributed by atoms with Gasteiger partial charge in [-0.3, -0.25) is 0 Å². The maximum Gasteiger partial charge on any atom is 0.0545 e. The van der Waals surface area contributed by atoms with Crippen LogP contribution in [0.2, 0.25) is 0 Å². The van der Waals surface area contributed by atoms with Gasteiger partial charge in [0.2, 0.25) is 0 Å². The normalized spacial score (nSPS) is 36.2. The molecule has 1 saturated carbocycles. The predicted octanol–water partition coefficient (Wildman–Crippen LogP) is 2.84. The molecule has 5 unspecified atom stereocenters. The first-order chi connectivity index (χ1) is 7.02. The third-order valence-corrected chi connectivity index (χ3v) is 3.87. The highest BCUT2D eigenvalue weighted by Gasteiger charge is 2.29. The van der Waals surface area contributed by atoms with Crippen LogP contribution in [-0.2, 0) is 4.74 Å². The molecule has 0 saturated heterocycles. The summed E-state index contributed by atoms with van der Waals surface area (Å²) in [7, 11) is 1.77. The van der Waals surface area contributed by atoms with Crippen LogP contribution in [-0.4, -0.2) is 24.4 Å². The summed E-state index contributed by atoms with van der Waals surface area (Å²) in [5.41, 5.74) is 0. The van der Waals surface area contributed by atoms with E-state index in [0.29, 0.717) is 23.9 Å². The van der Waals surface area contributed by atoms with Gasteiger partial charge in [0.05, 0.1) is 12.2 Å². The Kier molecular flexibility index (Phi) is 5.07. The second-order valence-electron chi connectivity index (χ2n) is 5.49. The van der Waals surface area contributed by atoms with Gasteiger partial charge < -0.3 is 9.84 Å². The Hall–Kier alpha value is -0.0800. The van der Waals surface area contributed by atoms with Crippen molar-refractivity contribution in [1.82, 2.24) is 0 Å². The van der Waals surface area contributed by atoms with Gasteiger partial charge in [-0.1, -0.05) is 13.8 Å². The van der Waals surface area contributed by atoms with E-state index in [9.17, 15) is 5.11 Å². The van der Waals surface area contributed by atoms with E-state index < -0.39 is 0 Å². The van der Waals surface area contributed by atoms with E-state index >= 15 is 0 Å². The molecule has 0 spiro atoms. The maximum absolute atomic E-state index is 9.76. The average Bonchev–Trinajstić information content (AvgIpc) is 2.16. The van der Waals surface area contributed by atoms with Gasteiger partial charge in [-0.15, -0.1) is 0 Å². The molecule has 1 fully saturated rings. The van der Waals surface area contributed by atoms with Crippen molar-refractivity contribution in [2.75, 3.05) is 7.11 Å². The molecule has 1 aliphatic rings. The highest BCUT2D eigenvalue weighted by atomic mass is 16.5. The van der Waals surface area contributed by atoms with Gasteiger partial charge in [0.15, 0.2) is 0 Å². The van der Waals surface area contributed by atoms with Gasteiger partial charge in [-0.05, 0) is 50.4 Å². The molecule has 0 aromatic carbocycles. The van der Waals surface area contributed by atoms with E-state index in [1.54, 1.807) is 7.11 Å². The first kappa shape index (κ1) is 13.0. The van der Waals surface area contributed by atoms with E-state index in [0.717, 1.165) is 19.3 Å². The Balaban J connectivity index is 2.40. The number of hydrogen-bond acceptors (Lipinski definition) is 2. The molecule has 0 aliphatic heterocycles. The lowest BCUT2D eigenvalue weighted by atomic mass is 9.73. The van der Waals surface area contributed by atoms with Gasteiger partial charge in [-0.2, -0.15) is 0 Å². The molecule has 0 heterocycles. The minimum Gasteiger partial charge on any atom is -0.393 e. The fourth-order valence-corrected chi connectivity index (χ4v) is 2.90. The number of aliphatic hydroxyl groups excluding tert-OH is 1. The summed E-state index contributed by atoms with van der Waals surface area (Å²) >= 11 is 0. The SMILES string of the molecule is COC(C)CC(C)C1CC(C)CC(O)C1. The highest BCUT2D eigenvalue weighted by Crippen LogP contribution is 2.35. The van der Waals surface area contributed by atoms with Crippen molar-refractivity contribution in [3.05, 3.63) is 0 Å². The fourth-order valence-electron chi connectivity index (χ4n) is 2.90. The molecule has 0 radical (unpaired) electrons. The fraction of sp³-hybridized carbons (Fsp3) is 1.00. The topological polar surface area (TPSA) is 29.5 Å². The Bertz CT molecular complexity index is 171. The van der Waals surface area contributed by atoms with Crippen molar-refractivity contribution in [3.63, 3.8) is 0 Å². The number of aliphatic hydroxyl groups is 1. The standard InChI is InChI=1S/C13H26O2/c1-9-5-12(8-13(14)6-9)10(2)7-11(3)15-4/h9-14H,5-8H2,1-4H3. The van der Waals surface area contributed by atoms with E-state index in [-0.39, 0.29) is 6.10 Å². The zero-order valence-corrected chi connectivity index (χ0v) is 10.6. The quantitative estimate of drug-likeness (QED) is 0.779. The summed E-state index contributed by atoms with van der Waals surface area (Å²) in [6.07, 6.45) is 4.63. The largest absolute Gasteiger partial charge is 0.393 e. The molecule has 1 N–H and O–H groups in total. The Morgan fingerprint density at radius 1 is 1.27 bits per heavy atom. The molecular weight excluding hydrogens is 188 g/mol. The van der Waals surface area contributed by atoms with Crippen LogP contribution >= 0.6 is 0 Å². The number of methoxy groups -OCH3 is 1. The molecule has 1 rings (SSSR count). The zero-order valence-electron chi connectivity index (χ0n) is 10.6. The van der Waals surface area contributed by atoms with E-state index in [1.165, 1.54) is 6.42 Å². The van der Waals surface area contributed by atoms with Crippen LogP contribution < -0.4 is 0 Å². The van der Waals surface area contributed by atoms with Crippen LogP contribution in [0.1, 0.15) is 46.5 Å². The van der Waals surface area contributed by atoms with Crippen LogP contribution in [0.3, 0.4) is 0 Å². The smallest absolute Gasteiger partial charge is 0.0545 e. The van der Waals surface area contributed by atoms with E-state index in [1.807, 2.05) is 0 Å². The van der Waals surface area contributed by atoms with Gasteiger partial charge in [0.25, 0.3) is 0 Å². The summed E-state index contributed by atoms with van der Waals surface area (Å²) in [5, 5.41) is 9.76. The summed E-state index contributed by atoms with van der Waals surface area (Å²) in [4.78, 5) is 0. The predicted molar refractivity (Wildman–Crippen MR) is 62.8 cm³/mol. The zero-order chi connectivity index (χ0) is 11.4. The van der Waals surface area contributed by atoms with Crippen LogP contribution in [0.4, 0.5) is 0 Å². The van der Waals surface area contributed by atoms with Crippen molar-refractivity contribution in [1.29, 1.82) is 0 Å². The minimum absolute atomic E-state index is 0.0703. The van der Waals surface area contributed by atoms with Crippen LogP contribution in [0.25, 0.3) is 0 Å². The van der Waals surface area contributed by atoms with Crippen LogP contribution in [0.15, 0.2) is 0 Å².